The SMILES string of the molecule is CC(C)C.[B]1C2CCCC1CCC2. The number of hydrogen-bond acceptors (Lipinski definition) is 0. The fourth-order valence-electron chi connectivity index (χ4n) is 2.34. The van der Waals surface area contributed by atoms with E-state index < -0.39 is 0 Å². The molecule has 2 aliphatic heterocycles. The lowest BCUT2D eigenvalue weighted by atomic mass is 9.44. The molecule has 2 fully saturated rings. The zero-order valence-corrected chi connectivity index (χ0v) is 9.55. The quantitative estimate of drug-likeness (QED) is 0.486. The van der Waals surface area contributed by atoms with Crippen LogP contribution >= 0.6 is 0 Å². The van der Waals surface area contributed by atoms with E-state index >= 15 is 0 Å². The van der Waals surface area contributed by atoms with Crippen LogP contribution in [-0.2, 0) is 0 Å². The van der Waals surface area contributed by atoms with Crippen molar-refractivity contribution in [2.75, 3.05) is 0 Å². The Labute approximate surface area is 84.7 Å². The summed E-state index contributed by atoms with van der Waals surface area (Å²) in [5.41, 5.74) is 0. The van der Waals surface area contributed by atoms with E-state index in [1.54, 1.807) is 0 Å². The van der Waals surface area contributed by atoms with Gasteiger partial charge in [-0.3, -0.25) is 0 Å². The Balaban J connectivity index is 0.000000184. The molecule has 0 unspecified atom stereocenters. The Morgan fingerprint density at radius 1 is 0.846 bits per heavy atom. The lowest BCUT2D eigenvalue weighted by molar-refractivity contribution is 0.455. The Bertz CT molecular complexity index is 108. The van der Waals surface area contributed by atoms with Gasteiger partial charge in [-0.2, -0.15) is 0 Å². The molecular formula is C12H24B. The van der Waals surface area contributed by atoms with Crippen molar-refractivity contribution in [2.24, 2.45) is 5.92 Å². The zero-order chi connectivity index (χ0) is 9.68. The van der Waals surface area contributed by atoms with Gasteiger partial charge < -0.3 is 0 Å². The van der Waals surface area contributed by atoms with Gasteiger partial charge in [0.05, 0.1) is 0 Å². The third-order valence-corrected chi connectivity index (χ3v) is 2.84. The van der Waals surface area contributed by atoms with Crippen molar-refractivity contribution >= 4 is 7.28 Å². The first kappa shape index (κ1) is 11.1. The molecule has 1 heteroatoms. The fourth-order valence-corrected chi connectivity index (χ4v) is 2.34. The molecule has 0 saturated carbocycles. The lowest BCUT2D eigenvalue weighted by Crippen LogP contribution is -2.21. The molecule has 2 bridgehead atoms. The van der Waals surface area contributed by atoms with Gasteiger partial charge in [0.25, 0.3) is 0 Å². The van der Waals surface area contributed by atoms with Crippen LogP contribution < -0.4 is 0 Å². The predicted octanol–water partition coefficient (Wildman–Crippen LogP) is 4.30. The summed E-state index contributed by atoms with van der Waals surface area (Å²) in [5.74, 6) is 2.88. The molecule has 0 aliphatic carbocycles. The van der Waals surface area contributed by atoms with Crippen molar-refractivity contribution in [1.82, 2.24) is 0 Å². The van der Waals surface area contributed by atoms with Crippen molar-refractivity contribution in [2.45, 2.75) is 70.9 Å². The first-order valence-electron chi connectivity index (χ1n) is 6.03. The molecule has 2 saturated heterocycles. The predicted molar refractivity (Wildman–Crippen MR) is 61.5 cm³/mol. The molecule has 0 N–H and O–H groups in total. The van der Waals surface area contributed by atoms with E-state index in [0.717, 1.165) is 17.6 Å². The van der Waals surface area contributed by atoms with Gasteiger partial charge in [0.1, 0.15) is 7.28 Å². The third-order valence-electron chi connectivity index (χ3n) is 2.84. The summed E-state index contributed by atoms with van der Waals surface area (Å²) in [7, 11) is 2.62. The van der Waals surface area contributed by atoms with Crippen molar-refractivity contribution in [1.29, 1.82) is 0 Å². The first-order valence-corrected chi connectivity index (χ1v) is 6.03. The molecular weight excluding hydrogens is 155 g/mol. The van der Waals surface area contributed by atoms with Gasteiger partial charge in [0.15, 0.2) is 0 Å². The average molecular weight is 179 g/mol. The zero-order valence-electron chi connectivity index (χ0n) is 9.55. The maximum absolute atomic E-state index is 2.62. The number of fused-ring (bicyclic) bond motifs is 2. The highest BCUT2D eigenvalue weighted by Gasteiger charge is 2.26. The minimum atomic E-state index is 0.833. The minimum absolute atomic E-state index is 0.833. The van der Waals surface area contributed by atoms with Crippen LogP contribution in [0.15, 0.2) is 0 Å². The van der Waals surface area contributed by atoms with E-state index in [2.05, 4.69) is 28.1 Å². The van der Waals surface area contributed by atoms with E-state index in [-0.39, 0.29) is 0 Å². The van der Waals surface area contributed by atoms with Crippen LogP contribution in [0.4, 0.5) is 0 Å². The molecule has 0 atom stereocenters. The Kier molecular flexibility index (Phi) is 4.91. The van der Waals surface area contributed by atoms with E-state index in [0.29, 0.717) is 0 Å². The molecule has 0 amide bonds. The molecule has 0 nitrogen and oxygen atoms in total. The lowest BCUT2D eigenvalue weighted by Gasteiger charge is -2.33. The van der Waals surface area contributed by atoms with Crippen molar-refractivity contribution < 1.29 is 0 Å². The van der Waals surface area contributed by atoms with Crippen LogP contribution in [0.5, 0.6) is 0 Å². The molecule has 13 heavy (non-hydrogen) atoms. The third kappa shape index (κ3) is 4.74. The van der Waals surface area contributed by atoms with Gasteiger partial charge >= 0.3 is 0 Å². The molecule has 2 rings (SSSR count). The van der Waals surface area contributed by atoms with E-state index in [4.69, 9.17) is 0 Å². The van der Waals surface area contributed by atoms with Crippen LogP contribution in [0, 0.1) is 5.92 Å². The van der Waals surface area contributed by atoms with Gasteiger partial charge in [-0.25, -0.2) is 0 Å². The van der Waals surface area contributed by atoms with Crippen LogP contribution in [-0.4, -0.2) is 7.28 Å². The normalized spacial score (nSPS) is 31.7. The van der Waals surface area contributed by atoms with Gasteiger partial charge in [-0.15, -0.1) is 0 Å². The van der Waals surface area contributed by atoms with Gasteiger partial charge in [0, 0.05) is 0 Å². The highest BCUT2D eigenvalue weighted by Crippen LogP contribution is 2.40. The van der Waals surface area contributed by atoms with Gasteiger partial charge in [0.2, 0.25) is 0 Å². The molecule has 75 valence electrons. The standard InChI is InChI=1S/C8H14B.C4H10/c1-3-7-5-2-6-8(4-1)9-7;1-4(2)3/h7-8H,1-6H2;4H,1-3H3. The summed E-state index contributed by atoms with van der Waals surface area (Å²) in [6.07, 6.45) is 9.00. The Morgan fingerprint density at radius 3 is 1.38 bits per heavy atom. The van der Waals surface area contributed by atoms with E-state index in [1.807, 2.05) is 0 Å². The highest BCUT2D eigenvalue weighted by molar-refractivity contribution is 6.40. The fraction of sp³-hybridized carbons (Fsp3) is 1.00. The van der Waals surface area contributed by atoms with Crippen LogP contribution in [0.25, 0.3) is 0 Å². The van der Waals surface area contributed by atoms with Crippen LogP contribution in [0.2, 0.25) is 11.6 Å². The monoisotopic (exact) mass is 179 g/mol. The van der Waals surface area contributed by atoms with Crippen molar-refractivity contribution in [3.05, 3.63) is 0 Å². The molecule has 0 aromatic carbocycles. The Morgan fingerprint density at radius 2 is 1.15 bits per heavy atom. The smallest absolute Gasteiger partial charge is 0.0686 e. The number of hydrogen-bond donors (Lipinski definition) is 0. The molecule has 0 aromatic heterocycles. The van der Waals surface area contributed by atoms with Crippen molar-refractivity contribution in [3.63, 3.8) is 0 Å². The first-order chi connectivity index (χ1) is 6.18. The molecule has 2 heterocycles. The largest absolute Gasteiger partial charge is 0.117 e. The average Bonchev–Trinajstić information content (AvgIpc) is 2.03. The summed E-state index contributed by atoms with van der Waals surface area (Å²) in [5, 5.41) is 0. The topological polar surface area (TPSA) is 0 Å². The van der Waals surface area contributed by atoms with E-state index in [1.165, 1.54) is 38.5 Å². The highest BCUT2D eigenvalue weighted by atomic mass is 14.2. The van der Waals surface area contributed by atoms with Crippen LogP contribution in [0.1, 0.15) is 59.3 Å². The second-order valence-electron chi connectivity index (χ2n) is 5.31. The summed E-state index contributed by atoms with van der Waals surface area (Å²) >= 11 is 0. The summed E-state index contributed by atoms with van der Waals surface area (Å²) in [4.78, 5) is 0. The van der Waals surface area contributed by atoms with Crippen molar-refractivity contribution in [3.8, 4) is 0 Å². The van der Waals surface area contributed by atoms with Crippen LogP contribution in [0.3, 0.4) is 0 Å². The summed E-state index contributed by atoms with van der Waals surface area (Å²) in [6, 6.07) is 0. The van der Waals surface area contributed by atoms with E-state index in [9.17, 15) is 0 Å². The minimum Gasteiger partial charge on any atom is -0.0686 e. The second kappa shape index (κ2) is 5.72. The van der Waals surface area contributed by atoms with Gasteiger partial charge in [-0.05, 0) is 5.92 Å². The molecule has 0 spiro atoms. The summed E-state index contributed by atoms with van der Waals surface area (Å²) < 4.78 is 0. The second-order valence-corrected chi connectivity index (χ2v) is 5.31. The summed E-state index contributed by atoms with van der Waals surface area (Å²) in [6.45, 7) is 6.50. The maximum Gasteiger partial charge on any atom is 0.117 e. The molecule has 2 aliphatic rings. The molecule has 0 aromatic rings. The maximum atomic E-state index is 2.62. The van der Waals surface area contributed by atoms with Gasteiger partial charge in [-0.1, -0.05) is 70.9 Å². The molecule has 1 radical (unpaired) electrons. The number of rotatable bonds is 0. The Hall–Kier alpha value is 0.0649.